The summed E-state index contributed by atoms with van der Waals surface area (Å²) >= 11 is 0. The SMILES string of the molecule is CC1=CC=C[N+]([O-])(Cc2ccc([N+](=O)[O-])cc2C)C1=S(=O)=O. The van der Waals surface area contributed by atoms with Gasteiger partial charge in [-0.15, -0.1) is 0 Å². The molecule has 0 aromatic heterocycles. The van der Waals surface area contributed by atoms with Crippen molar-refractivity contribution in [3.05, 3.63) is 68.6 Å². The molecule has 0 saturated heterocycles. The normalized spacial score (nSPS) is 20.7. The maximum absolute atomic E-state index is 12.9. The number of benzene rings is 1. The third-order valence-corrected chi connectivity index (χ3v) is 4.40. The second-order valence-corrected chi connectivity index (χ2v) is 5.91. The Hall–Kier alpha value is -2.29. The molecule has 0 N–H and O–H groups in total. The molecule has 7 nitrogen and oxygen atoms in total. The Kier molecular flexibility index (Phi) is 4.27. The summed E-state index contributed by atoms with van der Waals surface area (Å²) in [4.78, 5) is 9.97. The Morgan fingerprint density at radius 3 is 2.50 bits per heavy atom. The van der Waals surface area contributed by atoms with Gasteiger partial charge in [-0.2, -0.15) is 8.42 Å². The van der Waals surface area contributed by atoms with Crippen LogP contribution in [0.4, 0.5) is 5.69 Å². The van der Waals surface area contributed by atoms with Crippen molar-refractivity contribution in [2.24, 2.45) is 0 Å². The molecule has 1 aliphatic heterocycles. The molecule has 1 aromatic carbocycles. The number of rotatable bonds is 3. The fraction of sp³-hybridized carbons (Fsp3) is 0.214. The third kappa shape index (κ3) is 2.98. The highest BCUT2D eigenvalue weighted by atomic mass is 32.2. The Labute approximate surface area is 128 Å². The van der Waals surface area contributed by atoms with Gasteiger partial charge in [-0.3, -0.25) is 14.8 Å². The van der Waals surface area contributed by atoms with Crippen molar-refractivity contribution < 1.29 is 18.0 Å². The molecule has 1 aromatic rings. The molecular weight excluding hydrogens is 308 g/mol. The van der Waals surface area contributed by atoms with Crippen LogP contribution in [0.5, 0.6) is 0 Å². The maximum atomic E-state index is 12.9. The van der Waals surface area contributed by atoms with E-state index in [0.29, 0.717) is 16.7 Å². The molecule has 0 fully saturated rings. The second-order valence-electron chi connectivity index (χ2n) is 5.05. The van der Waals surface area contributed by atoms with Crippen LogP contribution < -0.4 is 0 Å². The van der Waals surface area contributed by atoms with Gasteiger partial charge in [0, 0.05) is 23.3 Å². The Morgan fingerprint density at radius 1 is 1.27 bits per heavy atom. The zero-order valence-corrected chi connectivity index (χ0v) is 12.8. The summed E-state index contributed by atoms with van der Waals surface area (Å²) in [5.41, 5.74) is 1.44. The maximum Gasteiger partial charge on any atom is 0.277 e. The Morgan fingerprint density at radius 2 is 1.95 bits per heavy atom. The van der Waals surface area contributed by atoms with Gasteiger partial charge in [-0.1, -0.05) is 0 Å². The van der Waals surface area contributed by atoms with E-state index in [1.807, 2.05) is 0 Å². The van der Waals surface area contributed by atoms with Gasteiger partial charge in [0.2, 0.25) is 0 Å². The van der Waals surface area contributed by atoms with Gasteiger partial charge in [0.25, 0.3) is 21.0 Å². The van der Waals surface area contributed by atoms with Crippen LogP contribution in [0.3, 0.4) is 0 Å². The predicted octanol–water partition coefficient (Wildman–Crippen LogP) is 2.20. The van der Waals surface area contributed by atoms with Crippen LogP contribution in [0.25, 0.3) is 0 Å². The largest absolute Gasteiger partial charge is 0.621 e. The lowest BCUT2D eigenvalue weighted by molar-refractivity contribution is -0.745. The molecule has 1 atom stereocenters. The van der Waals surface area contributed by atoms with Crippen LogP contribution in [-0.2, 0) is 16.8 Å². The van der Waals surface area contributed by atoms with Gasteiger partial charge < -0.3 is 5.21 Å². The molecule has 8 heteroatoms. The molecular formula is C14H14N2O5S. The highest BCUT2D eigenvalue weighted by Crippen LogP contribution is 2.26. The first kappa shape index (κ1) is 16.1. The van der Waals surface area contributed by atoms with Crippen molar-refractivity contribution >= 4 is 21.0 Å². The minimum Gasteiger partial charge on any atom is -0.621 e. The highest BCUT2D eigenvalue weighted by molar-refractivity contribution is 7.73. The molecule has 2 rings (SSSR count). The van der Waals surface area contributed by atoms with Gasteiger partial charge in [-0.05, 0) is 37.6 Å². The number of nitro groups is 1. The summed E-state index contributed by atoms with van der Waals surface area (Å²) in [6, 6.07) is 4.16. The van der Waals surface area contributed by atoms with Crippen LogP contribution in [-0.4, -0.2) is 23.0 Å². The van der Waals surface area contributed by atoms with Crippen molar-refractivity contribution in [2.45, 2.75) is 20.4 Å². The number of nitrogens with zero attached hydrogens (tertiary/aromatic N) is 2. The number of allylic oxidation sites excluding steroid dienone is 2. The summed E-state index contributed by atoms with van der Waals surface area (Å²) < 4.78 is 21.6. The minimum absolute atomic E-state index is 0.0689. The number of hydrogen-bond acceptors (Lipinski definition) is 5. The Bertz CT molecular complexity index is 831. The van der Waals surface area contributed by atoms with Gasteiger partial charge >= 0.3 is 0 Å². The Balaban J connectivity index is 2.46. The van der Waals surface area contributed by atoms with Crippen LogP contribution in [0.2, 0.25) is 0 Å². The van der Waals surface area contributed by atoms with Gasteiger partial charge in [0.15, 0.2) is 0 Å². The smallest absolute Gasteiger partial charge is 0.277 e. The molecule has 0 amide bonds. The van der Waals surface area contributed by atoms with Crippen molar-refractivity contribution in [1.29, 1.82) is 0 Å². The van der Waals surface area contributed by atoms with Gasteiger partial charge in [0.05, 0.1) is 4.92 Å². The van der Waals surface area contributed by atoms with E-state index in [4.69, 9.17) is 0 Å². The third-order valence-electron chi connectivity index (χ3n) is 3.45. The van der Waals surface area contributed by atoms with E-state index in [1.54, 1.807) is 19.9 Å². The number of hydroxylamine groups is 3. The van der Waals surface area contributed by atoms with Crippen LogP contribution in [0.15, 0.2) is 42.1 Å². The van der Waals surface area contributed by atoms with E-state index in [-0.39, 0.29) is 17.2 Å². The quantitative estimate of drug-likeness (QED) is 0.279. The fourth-order valence-electron chi connectivity index (χ4n) is 2.37. The van der Waals surface area contributed by atoms with E-state index < -0.39 is 19.9 Å². The molecule has 0 saturated carbocycles. The molecule has 0 bridgehead atoms. The molecule has 22 heavy (non-hydrogen) atoms. The summed E-state index contributed by atoms with van der Waals surface area (Å²) in [6.07, 6.45) is 4.32. The molecule has 0 radical (unpaired) electrons. The highest BCUT2D eigenvalue weighted by Gasteiger charge is 2.29. The topological polar surface area (TPSA) is 100 Å². The van der Waals surface area contributed by atoms with Crippen molar-refractivity contribution in [3.8, 4) is 0 Å². The van der Waals surface area contributed by atoms with Gasteiger partial charge in [0.1, 0.15) is 12.7 Å². The lowest BCUT2D eigenvalue weighted by Gasteiger charge is -2.39. The number of aryl methyl sites for hydroxylation is 1. The zero-order chi connectivity index (χ0) is 16.5. The average Bonchev–Trinajstić information content (AvgIpc) is 2.40. The summed E-state index contributed by atoms with van der Waals surface area (Å²) in [5.74, 6) is 0. The van der Waals surface area contributed by atoms with Crippen LogP contribution >= 0.6 is 0 Å². The van der Waals surface area contributed by atoms with Crippen LogP contribution in [0.1, 0.15) is 18.1 Å². The van der Waals surface area contributed by atoms with Crippen molar-refractivity contribution in [2.75, 3.05) is 0 Å². The second kappa shape index (κ2) is 5.84. The first-order chi connectivity index (χ1) is 10.2. The fourth-order valence-corrected chi connectivity index (χ4v) is 3.08. The number of nitro benzene ring substituents is 1. The van der Waals surface area contributed by atoms with Crippen molar-refractivity contribution in [1.82, 2.24) is 0 Å². The molecule has 116 valence electrons. The predicted molar refractivity (Wildman–Crippen MR) is 82.0 cm³/mol. The van der Waals surface area contributed by atoms with Crippen molar-refractivity contribution in [3.63, 3.8) is 0 Å². The number of non-ortho nitro benzene ring substituents is 1. The lowest BCUT2D eigenvalue weighted by atomic mass is 10.1. The first-order valence-electron chi connectivity index (χ1n) is 6.40. The van der Waals surface area contributed by atoms with E-state index in [2.05, 4.69) is 0 Å². The average molecular weight is 322 g/mol. The standard InChI is InChI=1S/C14H14N2O5S/c1-10-4-3-7-16(19,14(10)22(20)21)9-12-5-6-13(15(17)18)8-11(12)2/h3-8H,9H2,1-2H3. The number of hydrogen-bond donors (Lipinski definition) is 0. The minimum atomic E-state index is -2.64. The molecule has 1 heterocycles. The van der Waals surface area contributed by atoms with Gasteiger partial charge in [-0.25, -0.2) is 0 Å². The summed E-state index contributed by atoms with van der Waals surface area (Å²) in [6.45, 7) is 3.07. The monoisotopic (exact) mass is 322 g/mol. The van der Waals surface area contributed by atoms with Crippen LogP contribution in [0, 0.1) is 22.2 Å². The van der Waals surface area contributed by atoms with E-state index in [0.717, 1.165) is 0 Å². The molecule has 0 spiro atoms. The van der Waals surface area contributed by atoms with E-state index in [9.17, 15) is 23.7 Å². The molecule has 0 aliphatic carbocycles. The lowest BCUT2D eigenvalue weighted by Crippen LogP contribution is -2.44. The molecule has 1 aliphatic rings. The van der Waals surface area contributed by atoms with E-state index >= 15 is 0 Å². The number of quaternary nitrogens is 1. The summed E-state index contributed by atoms with van der Waals surface area (Å²) in [5, 5.41) is 23.6. The first-order valence-corrected chi connectivity index (χ1v) is 7.48. The van der Waals surface area contributed by atoms with E-state index in [1.165, 1.54) is 30.5 Å². The summed E-state index contributed by atoms with van der Waals surface area (Å²) in [7, 11) is -2.64. The zero-order valence-electron chi connectivity index (χ0n) is 12.0. The molecule has 1 unspecified atom stereocenters.